The van der Waals surface area contributed by atoms with Crippen molar-refractivity contribution in [2.75, 3.05) is 13.1 Å². The Kier molecular flexibility index (Phi) is 4.60. The Morgan fingerprint density at radius 2 is 1.76 bits per heavy atom. The topological polar surface area (TPSA) is 110 Å². The summed E-state index contributed by atoms with van der Waals surface area (Å²) in [4.78, 5) is 48.6. The van der Waals surface area contributed by atoms with Crippen molar-refractivity contribution in [1.29, 1.82) is 0 Å². The van der Waals surface area contributed by atoms with Crippen molar-refractivity contribution in [2.45, 2.75) is 25.7 Å². The van der Waals surface area contributed by atoms with Crippen LogP contribution in [0.2, 0.25) is 0 Å². The zero-order valence-electron chi connectivity index (χ0n) is 13.5. The van der Waals surface area contributed by atoms with E-state index >= 15 is 0 Å². The van der Waals surface area contributed by atoms with Crippen molar-refractivity contribution in [1.82, 2.24) is 10.2 Å². The van der Waals surface area contributed by atoms with Crippen molar-refractivity contribution in [2.24, 2.45) is 0 Å². The van der Waals surface area contributed by atoms with Gasteiger partial charge in [0.1, 0.15) is 0 Å². The summed E-state index contributed by atoms with van der Waals surface area (Å²) in [5, 5.41) is 14.3. The molecule has 1 aromatic rings. The summed E-state index contributed by atoms with van der Waals surface area (Å²) in [6.45, 7) is -0.0686. The fourth-order valence-corrected chi connectivity index (χ4v) is 3.11. The Morgan fingerprint density at radius 3 is 2.36 bits per heavy atom. The number of hydrogen-bond acceptors (Lipinski definition) is 6. The van der Waals surface area contributed by atoms with E-state index in [0.717, 1.165) is 24.2 Å². The van der Waals surface area contributed by atoms with Crippen LogP contribution >= 0.6 is 0 Å². The molecule has 0 bridgehead atoms. The van der Waals surface area contributed by atoms with Crippen LogP contribution in [0.5, 0.6) is 0 Å². The third-order valence-corrected chi connectivity index (χ3v) is 4.35. The Hall–Kier alpha value is -3.03. The Bertz CT molecular complexity index is 754. The molecule has 0 spiro atoms. The van der Waals surface area contributed by atoms with Crippen LogP contribution in [-0.2, 0) is 4.79 Å². The van der Waals surface area contributed by atoms with Gasteiger partial charge in [0.2, 0.25) is 0 Å². The first kappa shape index (κ1) is 16.8. The van der Waals surface area contributed by atoms with Crippen LogP contribution in [0.25, 0.3) is 0 Å². The maximum Gasteiger partial charge on any atom is 0.332 e. The van der Waals surface area contributed by atoms with Gasteiger partial charge in [-0.3, -0.25) is 29.4 Å². The van der Waals surface area contributed by atoms with Crippen LogP contribution in [0.1, 0.15) is 46.4 Å². The van der Waals surface area contributed by atoms with E-state index in [1.807, 2.05) is 0 Å². The number of amides is 2. The van der Waals surface area contributed by atoms with Crippen LogP contribution in [0.3, 0.4) is 0 Å². The zero-order valence-corrected chi connectivity index (χ0v) is 13.5. The molecule has 130 valence electrons. The maximum atomic E-state index is 12.5. The molecule has 1 fully saturated rings. The molecule has 0 radical (unpaired) electrons. The maximum absolute atomic E-state index is 12.5. The Balaban J connectivity index is 1.86. The van der Waals surface area contributed by atoms with Crippen molar-refractivity contribution >= 4 is 17.6 Å². The summed E-state index contributed by atoms with van der Waals surface area (Å²) < 4.78 is 0. The molecule has 1 N–H and O–H groups in total. The SMILES string of the molecule is O=C(CN1C(=O)c2ccccc2C1=O)C(=C1CCCCCN1)[N+](=O)[O-]. The molecule has 0 atom stereocenters. The Morgan fingerprint density at radius 1 is 1.12 bits per heavy atom. The quantitative estimate of drug-likeness (QED) is 0.384. The lowest BCUT2D eigenvalue weighted by Gasteiger charge is -2.13. The molecule has 0 aromatic heterocycles. The minimum Gasteiger partial charge on any atom is -0.383 e. The highest BCUT2D eigenvalue weighted by Gasteiger charge is 2.39. The van der Waals surface area contributed by atoms with E-state index in [1.165, 1.54) is 12.1 Å². The first-order chi connectivity index (χ1) is 12.0. The van der Waals surface area contributed by atoms with E-state index in [9.17, 15) is 24.5 Å². The summed E-state index contributed by atoms with van der Waals surface area (Å²) >= 11 is 0. The van der Waals surface area contributed by atoms with Crippen LogP contribution in [0.4, 0.5) is 0 Å². The minimum absolute atomic E-state index is 0.211. The van der Waals surface area contributed by atoms with Gasteiger partial charge in [-0.05, 0) is 31.4 Å². The van der Waals surface area contributed by atoms with Crippen molar-refractivity contribution < 1.29 is 19.3 Å². The first-order valence-corrected chi connectivity index (χ1v) is 8.10. The highest BCUT2D eigenvalue weighted by atomic mass is 16.6. The second-order valence-electron chi connectivity index (χ2n) is 5.99. The van der Waals surface area contributed by atoms with E-state index in [1.54, 1.807) is 12.1 Å². The van der Waals surface area contributed by atoms with Gasteiger partial charge in [0.05, 0.1) is 28.3 Å². The van der Waals surface area contributed by atoms with Gasteiger partial charge in [-0.25, -0.2) is 0 Å². The van der Waals surface area contributed by atoms with E-state index in [0.29, 0.717) is 13.0 Å². The number of allylic oxidation sites excluding steroid dienone is 1. The van der Waals surface area contributed by atoms with Gasteiger partial charge < -0.3 is 5.32 Å². The predicted octanol–water partition coefficient (Wildman–Crippen LogP) is 1.50. The number of nitrogens with zero attached hydrogens (tertiary/aromatic N) is 2. The second-order valence-corrected chi connectivity index (χ2v) is 5.99. The molecule has 8 heteroatoms. The number of nitro groups is 1. The molecule has 2 amide bonds. The normalized spacial score (nSPS) is 19.1. The molecule has 0 unspecified atom stereocenters. The first-order valence-electron chi connectivity index (χ1n) is 8.10. The van der Waals surface area contributed by atoms with E-state index in [4.69, 9.17) is 0 Å². The number of Topliss-reactive ketones (excluding diaryl/α,β-unsaturated/α-hetero) is 1. The van der Waals surface area contributed by atoms with E-state index in [-0.39, 0.29) is 16.8 Å². The van der Waals surface area contributed by atoms with Crippen LogP contribution < -0.4 is 5.32 Å². The van der Waals surface area contributed by atoms with Gasteiger partial charge in [0.25, 0.3) is 17.6 Å². The summed E-state index contributed by atoms with van der Waals surface area (Å²) in [7, 11) is 0. The lowest BCUT2D eigenvalue weighted by Crippen LogP contribution is -2.37. The third kappa shape index (κ3) is 3.15. The average molecular weight is 343 g/mol. The number of ketones is 1. The largest absolute Gasteiger partial charge is 0.383 e. The molecule has 0 aliphatic carbocycles. The van der Waals surface area contributed by atoms with Gasteiger partial charge in [-0.1, -0.05) is 18.6 Å². The summed E-state index contributed by atoms with van der Waals surface area (Å²) in [5.41, 5.74) is 0.147. The number of carbonyl (C=O) groups excluding carboxylic acids is 3. The van der Waals surface area contributed by atoms with Gasteiger partial charge in [0, 0.05) is 6.54 Å². The average Bonchev–Trinajstić information content (AvgIpc) is 2.79. The molecule has 3 rings (SSSR count). The zero-order chi connectivity index (χ0) is 18.0. The molecule has 2 aliphatic rings. The fourth-order valence-electron chi connectivity index (χ4n) is 3.11. The van der Waals surface area contributed by atoms with Gasteiger partial charge >= 0.3 is 5.70 Å². The summed E-state index contributed by atoms with van der Waals surface area (Å²) in [5.74, 6) is -2.05. The number of imide groups is 1. The van der Waals surface area contributed by atoms with Gasteiger partial charge in [-0.15, -0.1) is 0 Å². The van der Waals surface area contributed by atoms with Crippen molar-refractivity contribution in [3.63, 3.8) is 0 Å². The summed E-state index contributed by atoms with van der Waals surface area (Å²) in [6.07, 6.45) is 2.96. The number of hydrogen-bond donors (Lipinski definition) is 1. The van der Waals surface area contributed by atoms with Crippen LogP contribution in [-0.4, -0.2) is 40.5 Å². The highest BCUT2D eigenvalue weighted by Crippen LogP contribution is 2.23. The van der Waals surface area contributed by atoms with Gasteiger partial charge in [-0.2, -0.15) is 0 Å². The number of benzene rings is 1. The lowest BCUT2D eigenvalue weighted by molar-refractivity contribution is -0.420. The Labute approximate surface area is 143 Å². The van der Waals surface area contributed by atoms with E-state index in [2.05, 4.69) is 5.32 Å². The number of rotatable bonds is 4. The smallest absolute Gasteiger partial charge is 0.332 e. The lowest BCUT2D eigenvalue weighted by atomic mass is 10.1. The number of nitrogens with one attached hydrogen (secondary N) is 1. The molecular weight excluding hydrogens is 326 g/mol. The third-order valence-electron chi connectivity index (χ3n) is 4.35. The van der Waals surface area contributed by atoms with Gasteiger partial charge in [0.15, 0.2) is 0 Å². The van der Waals surface area contributed by atoms with Crippen molar-refractivity contribution in [3.05, 3.63) is 56.9 Å². The molecule has 25 heavy (non-hydrogen) atoms. The predicted molar refractivity (Wildman–Crippen MR) is 87.3 cm³/mol. The molecular formula is C17H17N3O5. The molecule has 1 aromatic carbocycles. The fraction of sp³-hybridized carbons (Fsp3) is 0.353. The molecule has 8 nitrogen and oxygen atoms in total. The van der Waals surface area contributed by atoms with E-state index < -0.39 is 34.8 Å². The number of carbonyl (C=O) groups is 3. The molecule has 0 saturated carbocycles. The van der Waals surface area contributed by atoms with Crippen LogP contribution in [0, 0.1) is 10.1 Å². The molecule has 1 saturated heterocycles. The summed E-state index contributed by atoms with van der Waals surface area (Å²) in [6, 6.07) is 6.24. The minimum atomic E-state index is -0.844. The highest BCUT2D eigenvalue weighted by molar-refractivity contribution is 6.22. The second kappa shape index (κ2) is 6.84. The number of fused-ring (bicyclic) bond motifs is 1. The van der Waals surface area contributed by atoms with Crippen molar-refractivity contribution in [3.8, 4) is 0 Å². The molecule has 2 aliphatic heterocycles. The standard InChI is InChI=1S/C17H17N3O5/c21-14(15(20(24)25)13-8-2-1-5-9-18-13)10-19-16(22)11-6-3-4-7-12(11)17(19)23/h3-4,6-7,18H,1-2,5,8-10H2. The van der Waals surface area contributed by atoms with Crippen LogP contribution in [0.15, 0.2) is 35.7 Å². The monoisotopic (exact) mass is 343 g/mol. The molecule has 2 heterocycles.